The van der Waals surface area contributed by atoms with Crippen molar-refractivity contribution in [1.29, 1.82) is 0 Å². The van der Waals surface area contributed by atoms with Crippen LogP contribution in [0.25, 0.3) is 27.7 Å². The number of alkyl halides is 3. The molecule has 4 aromatic rings. The monoisotopic (exact) mass is 417 g/mol. The Hall–Kier alpha value is -2.87. The predicted molar refractivity (Wildman–Crippen MR) is 106 cm³/mol. The molecule has 3 nitrogen and oxygen atoms in total. The average Bonchev–Trinajstić information content (AvgIpc) is 3.10. The summed E-state index contributed by atoms with van der Waals surface area (Å²) in [7, 11) is 0. The van der Waals surface area contributed by atoms with Crippen molar-refractivity contribution in [2.24, 2.45) is 0 Å². The van der Waals surface area contributed by atoms with Crippen LogP contribution in [0.4, 0.5) is 17.6 Å². The van der Waals surface area contributed by atoms with Gasteiger partial charge in [0.05, 0.1) is 23.2 Å². The van der Waals surface area contributed by atoms with Gasteiger partial charge in [-0.05, 0) is 54.4 Å². The zero-order valence-electron chi connectivity index (χ0n) is 15.2. The number of hydrogen-bond acceptors (Lipinski definition) is 3. The van der Waals surface area contributed by atoms with E-state index in [0.717, 1.165) is 16.6 Å². The first-order valence-corrected chi connectivity index (χ1v) is 9.69. The molecule has 8 heteroatoms. The second-order valence-corrected chi connectivity index (χ2v) is 7.58. The standard InChI is InChI=1S/C21H15F4N3S/c1-13-7-18(22)17(9-20(13)29-12-21(23,24)25)14-4-5-19-15(8-14)11-28(27-19)16-3-2-6-26-10-16/h2-11H,12H2,1H3. The number of rotatable bonds is 4. The van der Waals surface area contributed by atoms with Crippen LogP contribution < -0.4 is 0 Å². The lowest BCUT2D eigenvalue weighted by molar-refractivity contribution is -0.105. The van der Waals surface area contributed by atoms with Crippen LogP contribution in [-0.2, 0) is 0 Å². The number of benzene rings is 2. The fraction of sp³-hybridized carbons (Fsp3) is 0.143. The Morgan fingerprint density at radius 3 is 2.66 bits per heavy atom. The second-order valence-electron chi connectivity index (χ2n) is 6.56. The van der Waals surface area contributed by atoms with Crippen molar-refractivity contribution in [2.45, 2.75) is 18.0 Å². The molecule has 29 heavy (non-hydrogen) atoms. The van der Waals surface area contributed by atoms with Crippen molar-refractivity contribution in [3.8, 4) is 16.8 Å². The molecule has 0 aliphatic rings. The van der Waals surface area contributed by atoms with Crippen molar-refractivity contribution in [1.82, 2.24) is 14.8 Å². The lowest BCUT2D eigenvalue weighted by Crippen LogP contribution is -2.10. The van der Waals surface area contributed by atoms with Gasteiger partial charge in [0.25, 0.3) is 0 Å². The molecule has 2 aromatic heterocycles. The summed E-state index contributed by atoms with van der Waals surface area (Å²) in [6, 6.07) is 11.7. The highest BCUT2D eigenvalue weighted by Crippen LogP contribution is 2.35. The van der Waals surface area contributed by atoms with Crippen LogP contribution in [0.15, 0.2) is 66.0 Å². The topological polar surface area (TPSA) is 30.7 Å². The van der Waals surface area contributed by atoms with Crippen LogP contribution in [0.1, 0.15) is 5.56 Å². The molecule has 0 amide bonds. The van der Waals surface area contributed by atoms with Gasteiger partial charge in [0.1, 0.15) is 5.82 Å². The number of nitrogens with zero attached hydrogens (tertiary/aromatic N) is 3. The van der Waals surface area contributed by atoms with E-state index in [1.807, 2.05) is 6.07 Å². The molecule has 0 radical (unpaired) electrons. The smallest absolute Gasteiger partial charge is 0.262 e. The quantitative estimate of drug-likeness (QED) is 0.293. The summed E-state index contributed by atoms with van der Waals surface area (Å²) in [5.74, 6) is -1.49. The molecule has 0 aliphatic carbocycles. The molecule has 0 aliphatic heterocycles. The molecule has 0 saturated carbocycles. The molecule has 4 rings (SSSR count). The van der Waals surface area contributed by atoms with E-state index in [-0.39, 0.29) is 5.56 Å². The molecule has 0 N–H and O–H groups in total. The van der Waals surface area contributed by atoms with E-state index in [9.17, 15) is 17.6 Å². The normalized spacial score (nSPS) is 11.9. The zero-order valence-corrected chi connectivity index (χ0v) is 16.1. The van der Waals surface area contributed by atoms with Crippen LogP contribution in [-0.4, -0.2) is 26.7 Å². The maximum absolute atomic E-state index is 14.6. The van der Waals surface area contributed by atoms with Gasteiger partial charge in [-0.1, -0.05) is 6.07 Å². The Bertz CT molecular complexity index is 1170. The number of aromatic nitrogens is 3. The summed E-state index contributed by atoms with van der Waals surface area (Å²) in [6.45, 7) is 1.60. The molecule has 0 unspecified atom stereocenters. The van der Waals surface area contributed by atoms with Crippen LogP contribution in [0.2, 0.25) is 0 Å². The molecule has 2 heterocycles. The minimum Gasteiger partial charge on any atom is -0.262 e. The van der Waals surface area contributed by atoms with Gasteiger partial charge in [-0.15, -0.1) is 11.8 Å². The van der Waals surface area contributed by atoms with Gasteiger partial charge in [0.2, 0.25) is 0 Å². The second kappa shape index (κ2) is 7.51. The Labute approximate surface area is 168 Å². The lowest BCUT2D eigenvalue weighted by Gasteiger charge is -2.12. The zero-order chi connectivity index (χ0) is 20.6. The third-order valence-corrected chi connectivity index (χ3v) is 5.60. The van der Waals surface area contributed by atoms with Crippen LogP contribution in [0.3, 0.4) is 0 Å². The van der Waals surface area contributed by atoms with Crippen molar-refractivity contribution in [3.63, 3.8) is 0 Å². The number of thioether (sulfide) groups is 1. The largest absolute Gasteiger partial charge is 0.398 e. The predicted octanol–water partition coefficient (Wildman–Crippen LogP) is 6.19. The van der Waals surface area contributed by atoms with E-state index in [0.29, 0.717) is 27.8 Å². The van der Waals surface area contributed by atoms with E-state index < -0.39 is 17.7 Å². The summed E-state index contributed by atoms with van der Waals surface area (Å²) in [6.07, 6.45) is 0.864. The maximum Gasteiger partial charge on any atom is 0.398 e. The first-order valence-electron chi connectivity index (χ1n) is 8.70. The van der Waals surface area contributed by atoms with Crippen molar-refractivity contribution in [2.75, 3.05) is 5.75 Å². The Morgan fingerprint density at radius 2 is 1.93 bits per heavy atom. The maximum atomic E-state index is 14.6. The van der Waals surface area contributed by atoms with E-state index in [4.69, 9.17) is 0 Å². The fourth-order valence-electron chi connectivity index (χ4n) is 3.00. The lowest BCUT2D eigenvalue weighted by atomic mass is 10.0. The number of halogens is 4. The van der Waals surface area contributed by atoms with E-state index in [1.54, 1.807) is 54.5 Å². The van der Waals surface area contributed by atoms with E-state index in [2.05, 4.69) is 10.1 Å². The third kappa shape index (κ3) is 4.27. The summed E-state index contributed by atoms with van der Waals surface area (Å²) in [5, 5.41) is 5.27. The summed E-state index contributed by atoms with van der Waals surface area (Å²) < 4.78 is 54.0. The minimum atomic E-state index is -4.29. The highest BCUT2D eigenvalue weighted by Gasteiger charge is 2.27. The highest BCUT2D eigenvalue weighted by molar-refractivity contribution is 7.99. The highest BCUT2D eigenvalue weighted by atomic mass is 32.2. The number of fused-ring (bicyclic) bond motifs is 1. The van der Waals surface area contributed by atoms with Crippen LogP contribution >= 0.6 is 11.8 Å². The van der Waals surface area contributed by atoms with Gasteiger partial charge < -0.3 is 0 Å². The Morgan fingerprint density at radius 1 is 1.10 bits per heavy atom. The van der Waals surface area contributed by atoms with Gasteiger partial charge >= 0.3 is 6.18 Å². The number of pyridine rings is 1. The van der Waals surface area contributed by atoms with Gasteiger partial charge in [-0.25, -0.2) is 9.07 Å². The van der Waals surface area contributed by atoms with E-state index in [1.165, 1.54) is 12.1 Å². The molecule has 0 fully saturated rings. The molecular formula is C21H15F4N3S. The summed E-state index contributed by atoms with van der Waals surface area (Å²) in [5.41, 5.74) is 2.83. The Kier molecular flexibility index (Phi) is 5.04. The molecule has 0 bridgehead atoms. The minimum absolute atomic E-state index is 0.260. The first-order chi connectivity index (χ1) is 13.8. The molecule has 2 aromatic carbocycles. The molecular weight excluding hydrogens is 402 g/mol. The molecule has 148 valence electrons. The van der Waals surface area contributed by atoms with Crippen molar-refractivity contribution < 1.29 is 17.6 Å². The van der Waals surface area contributed by atoms with Crippen molar-refractivity contribution in [3.05, 3.63) is 72.4 Å². The summed E-state index contributed by atoms with van der Waals surface area (Å²) in [4.78, 5) is 4.48. The van der Waals surface area contributed by atoms with E-state index >= 15 is 0 Å². The van der Waals surface area contributed by atoms with Gasteiger partial charge in [-0.3, -0.25) is 4.98 Å². The van der Waals surface area contributed by atoms with Crippen molar-refractivity contribution >= 4 is 22.7 Å². The summed E-state index contributed by atoms with van der Waals surface area (Å²) >= 11 is 0.661. The fourth-order valence-corrected chi connectivity index (χ4v) is 3.81. The molecule has 0 spiro atoms. The third-order valence-electron chi connectivity index (χ3n) is 4.38. The molecule has 0 atom stereocenters. The van der Waals surface area contributed by atoms with Gasteiger partial charge in [-0.2, -0.15) is 18.3 Å². The number of hydrogen-bond donors (Lipinski definition) is 0. The van der Waals surface area contributed by atoms with Crippen LogP contribution in [0.5, 0.6) is 0 Å². The van der Waals surface area contributed by atoms with Gasteiger partial charge in [0.15, 0.2) is 0 Å². The first kappa shape index (κ1) is 19.4. The van der Waals surface area contributed by atoms with Crippen LogP contribution in [0, 0.1) is 12.7 Å². The molecule has 0 saturated heterocycles. The Balaban J connectivity index is 1.72. The SMILES string of the molecule is Cc1cc(F)c(-c2ccc3nn(-c4cccnc4)cc3c2)cc1SCC(F)(F)F. The average molecular weight is 417 g/mol. The van der Waals surface area contributed by atoms with Gasteiger partial charge in [0, 0.05) is 28.2 Å². The number of aryl methyl sites for hydroxylation is 1.